The third-order valence-corrected chi connectivity index (χ3v) is 3.80. The zero-order valence-corrected chi connectivity index (χ0v) is 11.1. The second-order valence-electron chi connectivity index (χ2n) is 5.03. The van der Waals surface area contributed by atoms with Crippen LogP contribution in [0.2, 0.25) is 0 Å². The number of fused-ring (bicyclic) bond motifs is 3. The maximum atomic E-state index is 2.37. The molecule has 1 aromatic heterocycles. The van der Waals surface area contributed by atoms with E-state index in [0.717, 1.165) is 0 Å². The fraction of sp³-hybridized carbons (Fsp3) is 0.294. The molecule has 0 aliphatic heterocycles. The maximum Gasteiger partial charge on any atom is 0.0488 e. The van der Waals surface area contributed by atoms with Crippen molar-refractivity contribution in [1.82, 2.24) is 4.57 Å². The molecule has 1 nitrogen and oxygen atoms in total. The highest BCUT2D eigenvalue weighted by Gasteiger charge is 2.07. The molecule has 0 aliphatic rings. The van der Waals surface area contributed by atoms with Crippen LogP contribution in [0.1, 0.15) is 25.3 Å². The topological polar surface area (TPSA) is 4.93 Å². The van der Waals surface area contributed by atoms with E-state index in [1.54, 1.807) is 0 Å². The molecule has 92 valence electrons. The van der Waals surface area contributed by atoms with Crippen molar-refractivity contribution in [2.75, 3.05) is 0 Å². The third kappa shape index (κ3) is 1.71. The van der Waals surface area contributed by atoms with Crippen molar-refractivity contribution < 1.29 is 0 Å². The van der Waals surface area contributed by atoms with Gasteiger partial charge in [-0.1, -0.05) is 37.6 Å². The maximum absolute atomic E-state index is 2.37. The fourth-order valence-electron chi connectivity index (χ4n) is 2.75. The number of aromatic nitrogens is 1. The van der Waals surface area contributed by atoms with Gasteiger partial charge < -0.3 is 4.57 Å². The van der Waals surface area contributed by atoms with E-state index < -0.39 is 0 Å². The monoisotopic (exact) mass is 237 g/mol. The summed E-state index contributed by atoms with van der Waals surface area (Å²) in [5.41, 5.74) is 4.11. The van der Waals surface area contributed by atoms with Crippen LogP contribution in [-0.2, 0) is 13.5 Å². The molecule has 0 aliphatic carbocycles. The van der Waals surface area contributed by atoms with Gasteiger partial charge in [-0.15, -0.1) is 0 Å². The fourth-order valence-corrected chi connectivity index (χ4v) is 2.75. The van der Waals surface area contributed by atoms with E-state index in [1.807, 2.05) is 0 Å². The van der Waals surface area contributed by atoms with Gasteiger partial charge in [0.1, 0.15) is 0 Å². The van der Waals surface area contributed by atoms with Crippen molar-refractivity contribution in [3.63, 3.8) is 0 Å². The van der Waals surface area contributed by atoms with Gasteiger partial charge in [-0.2, -0.15) is 0 Å². The minimum atomic E-state index is 1.19. The highest BCUT2D eigenvalue weighted by Crippen LogP contribution is 2.28. The Bertz CT molecular complexity index is 691. The number of unbranched alkanes of at least 4 members (excludes halogenated alkanes) is 1. The van der Waals surface area contributed by atoms with E-state index in [9.17, 15) is 0 Å². The van der Waals surface area contributed by atoms with Crippen LogP contribution in [0.4, 0.5) is 0 Å². The lowest BCUT2D eigenvalue weighted by Crippen LogP contribution is -1.87. The van der Waals surface area contributed by atoms with Crippen LogP contribution in [0.5, 0.6) is 0 Å². The summed E-state index contributed by atoms with van der Waals surface area (Å²) >= 11 is 0. The molecule has 0 unspecified atom stereocenters. The average molecular weight is 237 g/mol. The van der Waals surface area contributed by atoms with Crippen LogP contribution in [0.3, 0.4) is 0 Å². The first kappa shape index (κ1) is 11.3. The minimum Gasteiger partial charge on any atom is -0.344 e. The molecular weight excluding hydrogens is 218 g/mol. The van der Waals surface area contributed by atoms with Gasteiger partial charge in [0.05, 0.1) is 0 Å². The average Bonchev–Trinajstić information content (AvgIpc) is 2.71. The molecule has 18 heavy (non-hydrogen) atoms. The summed E-state index contributed by atoms with van der Waals surface area (Å²) in [6, 6.07) is 15.6. The number of rotatable bonds is 3. The molecule has 2 aromatic carbocycles. The third-order valence-electron chi connectivity index (χ3n) is 3.80. The van der Waals surface area contributed by atoms with E-state index in [4.69, 9.17) is 0 Å². The number of hydrogen-bond donors (Lipinski definition) is 0. The summed E-state index contributed by atoms with van der Waals surface area (Å²) < 4.78 is 2.29. The second kappa shape index (κ2) is 4.49. The van der Waals surface area contributed by atoms with Gasteiger partial charge in [0.25, 0.3) is 0 Å². The Morgan fingerprint density at radius 2 is 1.72 bits per heavy atom. The summed E-state index contributed by atoms with van der Waals surface area (Å²) in [6.45, 7) is 2.25. The molecule has 1 heterocycles. The Morgan fingerprint density at radius 3 is 2.56 bits per heavy atom. The normalized spacial score (nSPS) is 11.4. The summed E-state index contributed by atoms with van der Waals surface area (Å²) in [5, 5.41) is 2.76. The van der Waals surface area contributed by atoms with Crippen molar-refractivity contribution in [2.45, 2.75) is 26.2 Å². The predicted molar refractivity (Wildman–Crippen MR) is 79.0 cm³/mol. The first-order chi connectivity index (χ1) is 8.81. The molecule has 3 aromatic rings. The van der Waals surface area contributed by atoms with E-state index in [2.05, 4.69) is 61.0 Å². The van der Waals surface area contributed by atoms with Crippen molar-refractivity contribution in [3.05, 3.63) is 48.0 Å². The number of para-hydroxylation sites is 1. The summed E-state index contributed by atoms with van der Waals surface area (Å²) in [6.07, 6.45) is 3.72. The van der Waals surface area contributed by atoms with Crippen molar-refractivity contribution in [1.29, 1.82) is 0 Å². The van der Waals surface area contributed by atoms with Gasteiger partial charge in [-0.3, -0.25) is 0 Å². The van der Waals surface area contributed by atoms with Gasteiger partial charge in [-0.05, 0) is 36.6 Å². The van der Waals surface area contributed by atoms with Gasteiger partial charge in [0.2, 0.25) is 0 Å². The van der Waals surface area contributed by atoms with Gasteiger partial charge in [-0.25, -0.2) is 0 Å². The SMILES string of the molecule is CCCCc1ccc2c(c1)c1ccccc1n2C. The largest absolute Gasteiger partial charge is 0.344 e. The van der Waals surface area contributed by atoms with E-state index >= 15 is 0 Å². The lowest BCUT2D eigenvalue weighted by molar-refractivity contribution is 0.796. The number of benzene rings is 2. The zero-order chi connectivity index (χ0) is 12.5. The first-order valence-corrected chi connectivity index (χ1v) is 6.77. The van der Waals surface area contributed by atoms with Crippen LogP contribution < -0.4 is 0 Å². The second-order valence-corrected chi connectivity index (χ2v) is 5.03. The molecule has 0 saturated carbocycles. The van der Waals surface area contributed by atoms with Gasteiger partial charge in [0, 0.05) is 28.9 Å². The standard InChI is InChI=1S/C17H19N/c1-3-4-7-13-10-11-17-15(12-13)14-8-5-6-9-16(14)18(17)2/h5-6,8-12H,3-4,7H2,1-2H3. The van der Waals surface area contributed by atoms with Crippen LogP contribution in [0.25, 0.3) is 21.8 Å². The summed E-state index contributed by atoms with van der Waals surface area (Å²) in [4.78, 5) is 0. The first-order valence-electron chi connectivity index (χ1n) is 6.77. The highest BCUT2D eigenvalue weighted by molar-refractivity contribution is 6.08. The Morgan fingerprint density at radius 1 is 0.944 bits per heavy atom. The highest BCUT2D eigenvalue weighted by atomic mass is 14.9. The van der Waals surface area contributed by atoms with Gasteiger partial charge >= 0.3 is 0 Å². The van der Waals surface area contributed by atoms with E-state index in [1.165, 1.54) is 46.6 Å². The lowest BCUT2D eigenvalue weighted by atomic mass is 10.0. The number of aryl methyl sites for hydroxylation is 2. The molecular formula is C17H19N. The van der Waals surface area contributed by atoms with Crippen LogP contribution in [0.15, 0.2) is 42.5 Å². The van der Waals surface area contributed by atoms with Crippen molar-refractivity contribution >= 4 is 21.8 Å². The molecule has 0 radical (unpaired) electrons. The van der Waals surface area contributed by atoms with E-state index in [-0.39, 0.29) is 0 Å². The molecule has 0 spiro atoms. The molecule has 0 bridgehead atoms. The smallest absolute Gasteiger partial charge is 0.0488 e. The number of hydrogen-bond acceptors (Lipinski definition) is 0. The van der Waals surface area contributed by atoms with Gasteiger partial charge in [0.15, 0.2) is 0 Å². The van der Waals surface area contributed by atoms with Crippen LogP contribution >= 0.6 is 0 Å². The Kier molecular flexibility index (Phi) is 2.83. The zero-order valence-electron chi connectivity index (χ0n) is 11.1. The summed E-state index contributed by atoms with van der Waals surface area (Å²) in [5.74, 6) is 0. The summed E-state index contributed by atoms with van der Waals surface area (Å²) in [7, 11) is 2.15. The Hall–Kier alpha value is -1.76. The van der Waals surface area contributed by atoms with Crippen LogP contribution in [0, 0.1) is 0 Å². The van der Waals surface area contributed by atoms with Crippen LogP contribution in [-0.4, -0.2) is 4.57 Å². The van der Waals surface area contributed by atoms with Crippen molar-refractivity contribution in [2.24, 2.45) is 7.05 Å². The number of nitrogens with zero attached hydrogens (tertiary/aromatic N) is 1. The molecule has 0 N–H and O–H groups in total. The van der Waals surface area contributed by atoms with E-state index in [0.29, 0.717) is 0 Å². The quantitative estimate of drug-likeness (QED) is 0.623. The Balaban J connectivity index is 2.23. The lowest BCUT2D eigenvalue weighted by Gasteiger charge is -2.01. The van der Waals surface area contributed by atoms with Crippen molar-refractivity contribution in [3.8, 4) is 0 Å². The molecule has 0 saturated heterocycles. The molecule has 0 fully saturated rings. The molecule has 3 rings (SSSR count). The predicted octanol–water partition coefficient (Wildman–Crippen LogP) is 4.67. The molecule has 0 amide bonds. The molecule has 0 atom stereocenters. The molecule has 1 heteroatoms. The minimum absolute atomic E-state index is 1.19. The Labute approximate surface area is 108 Å².